The van der Waals surface area contributed by atoms with Crippen LogP contribution in [0.15, 0.2) is 36.4 Å². The van der Waals surface area contributed by atoms with Crippen molar-refractivity contribution in [2.45, 2.75) is 18.9 Å². The third-order valence-corrected chi connectivity index (χ3v) is 5.05. The summed E-state index contributed by atoms with van der Waals surface area (Å²) in [7, 11) is -1.91. The highest BCUT2D eigenvalue weighted by molar-refractivity contribution is 7.89. The van der Waals surface area contributed by atoms with Gasteiger partial charge in [0.05, 0.1) is 5.75 Å². The van der Waals surface area contributed by atoms with Gasteiger partial charge in [-0.25, -0.2) is 13.1 Å². The molecule has 0 radical (unpaired) electrons. The molecule has 21 heavy (non-hydrogen) atoms. The molecule has 1 N–H and O–H groups in total. The van der Waals surface area contributed by atoms with E-state index in [0.717, 1.165) is 18.4 Å². The van der Waals surface area contributed by atoms with Crippen molar-refractivity contribution in [3.63, 3.8) is 0 Å². The van der Waals surface area contributed by atoms with E-state index >= 15 is 0 Å². The van der Waals surface area contributed by atoms with Gasteiger partial charge in [0.1, 0.15) is 0 Å². The molecular weight excluding hydrogens is 288 g/mol. The first-order valence-electron chi connectivity index (χ1n) is 6.97. The lowest BCUT2D eigenvalue weighted by molar-refractivity contribution is -0.126. The van der Waals surface area contributed by atoms with Crippen LogP contribution in [-0.4, -0.2) is 44.6 Å². The number of nitrogens with one attached hydrogen (secondary N) is 1. The molecule has 6 heteroatoms. The fraction of sp³-hybridized carbons (Fsp3) is 0.400. The molecule has 1 aliphatic rings. The maximum Gasteiger partial charge on any atom is 0.246 e. The van der Waals surface area contributed by atoms with Gasteiger partial charge in [0.2, 0.25) is 15.9 Å². The molecule has 2 rings (SSSR count). The highest BCUT2D eigenvalue weighted by Crippen LogP contribution is 2.19. The summed E-state index contributed by atoms with van der Waals surface area (Å²) in [6, 6.07) is 9.31. The van der Waals surface area contributed by atoms with E-state index in [1.165, 1.54) is 13.1 Å². The summed E-state index contributed by atoms with van der Waals surface area (Å²) >= 11 is 0. The molecule has 1 fully saturated rings. The third-order valence-electron chi connectivity index (χ3n) is 3.60. The van der Waals surface area contributed by atoms with Crippen LogP contribution in [0.25, 0.3) is 6.08 Å². The second kappa shape index (κ2) is 6.87. The summed E-state index contributed by atoms with van der Waals surface area (Å²) < 4.78 is 25.6. The zero-order chi connectivity index (χ0) is 15.3. The molecule has 1 amide bonds. The number of benzene rings is 1. The average Bonchev–Trinajstić information content (AvgIpc) is 2.93. The summed E-state index contributed by atoms with van der Waals surface area (Å²) in [5.41, 5.74) is 0.949. The van der Waals surface area contributed by atoms with Crippen molar-refractivity contribution in [3.05, 3.63) is 42.0 Å². The van der Waals surface area contributed by atoms with E-state index in [-0.39, 0.29) is 17.7 Å². The number of hydrogen-bond acceptors (Lipinski definition) is 3. The first kappa shape index (κ1) is 15.7. The van der Waals surface area contributed by atoms with Crippen molar-refractivity contribution < 1.29 is 13.2 Å². The number of nitrogens with zero attached hydrogens (tertiary/aromatic N) is 1. The van der Waals surface area contributed by atoms with Gasteiger partial charge in [-0.05, 0) is 31.5 Å². The Balaban J connectivity index is 2.03. The van der Waals surface area contributed by atoms with Gasteiger partial charge < -0.3 is 4.90 Å². The Hall–Kier alpha value is -1.66. The Labute approximate surface area is 125 Å². The Morgan fingerprint density at radius 2 is 2.10 bits per heavy atom. The van der Waals surface area contributed by atoms with Crippen LogP contribution in [0.3, 0.4) is 0 Å². The van der Waals surface area contributed by atoms with E-state index < -0.39 is 10.0 Å². The van der Waals surface area contributed by atoms with Crippen LogP contribution in [0.2, 0.25) is 0 Å². The van der Waals surface area contributed by atoms with E-state index in [9.17, 15) is 13.2 Å². The zero-order valence-electron chi connectivity index (χ0n) is 12.0. The Morgan fingerprint density at radius 1 is 1.38 bits per heavy atom. The number of sulfonamides is 1. The van der Waals surface area contributed by atoms with Crippen molar-refractivity contribution in [1.29, 1.82) is 0 Å². The summed E-state index contributed by atoms with van der Waals surface area (Å²) in [6.45, 7) is 0.613. The first-order chi connectivity index (χ1) is 10.0. The lowest BCUT2D eigenvalue weighted by atomic mass is 10.2. The van der Waals surface area contributed by atoms with Gasteiger partial charge in [-0.3, -0.25) is 4.79 Å². The maximum atomic E-state index is 12.2. The molecule has 1 atom stereocenters. The van der Waals surface area contributed by atoms with Crippen molar-refractivity contribution >= 4 is 22.0 Å². The minimum Gasteiger partial charge on any atom is -0.335 e. The molecule has 0 aromatic heterocycles. The molecular formula is C15H20N2O3S. The standard InChI is InChI=1S/C15H20N2O3S/c1-16-21(19,20)12-14-8-5-11-17(14)15(18)10-9-13-6-3-2-4-7-13/h2-4,6-7,9-10,14,16H,5,8,11-12H2,1H3/b10-9+/t14-/m0/s1. The fourth-order valence-corrected chi connectivity index (χ4v) is 3.48. The van der Waals surface area contributed by atoms with E-state index in [0.29, 0.717) is 6.54 Å². The highest BCUT2D eigenvalue weighted by Gasteiger charge is 2.30. The number of likely N-dealkylation sites (tertiary alicyclic amines) is 1. The molecule has 0 bridgehead atoms. The summed E-state index contributed by atoms with van der Waals surface area (Å²) in [4.78, 5) is 13.9. The third kappa shape index (κ3) is 4.41. The van der Waals surface area contributed by atoms with E-state index in [1.54, 1.807) is 11.0 Å². The minimum atomic E-state index is -3.30. The second-order valence-corrected chi connectivity index (χ2v) is 7.03. The first-order valence-corrected chi connectivity index (χ1v) is 8.62. The molecule has 1 aliphatic heterocycles. The molecule has 1 aromatic rings. The van der Waals surface area contributed by atoms with Gasteiger partial charge in [0.15, 0.2) is 0 Å². The van der Waals surface area contributed by atoms with Crippen molar-refractivity contribution in [3.8, 4) is 0 Å². The van der Waals surface area contributed by atoms with Crippen LogP contribution in [0, 0.1) is 0 Å². The van der Waals surface area contributed by atoms with Gasteiger partial charge in [0.25, 0.3) is 0 Å². The quantitative estimate of drug-likeness (QED) is 0.832. The SMILES string of the molecule is CNS(=O)(=O)C[C@@H]1CCCN1C(=O)/C=C/c1ccccc1. The predicted octanol–water partition coefficient (Wildman–Crippen LogP) is 1.24. The highest BCUT2D eigenvalue weighted by atomic mass is 32.2. The number of carbonyl (C=O) groups is 1. The number of hydrogen-bond donors (Lipinski definition) is 1. The topological polar surface area (TPSA) is 66.5 Å². The van der Waals surface area contributed by atoms with Gasteiger partial charge in [-0.2, -0.15) is 0 Å². The van der Waals surface area contributed by atoms with Gasteiger partial charge in [-0.15, -0.1) is 0 Å². The van der Waals surface area contributed by atoms with Crippen LogP contribution < -0.4 is 4.72 Å². The number of carbonyl (C=O) groups excluding carboxylic acids is 1. The Morgan fingerprint density at radius 3 is 2.76 bits per heavy atom. The van der Waals surface area contributed by atoms with Crippen LogP contribution >= 0.6 is 0 Å². The summed E-state index contributed by atoms with van der Waals surface area (Å²) in [5.74, 6) is -0.165. The normalized spacial score (nSPS) is 19.3. The largest absolute Gasteiger partial charge is 0.335 e. The Kier molecular flexibility index (Phi) is 5.14. The van der Waals surface area contributed by atoms with Crippen molar-refractivity contribution in [2.75, 3.05) is 19.3 Å². The second-order valence-electron chi connectivity index (χ2n) is 5.06. The van der Waals surface area contributed by atoms with E-state index in [2.05, 4.69) is 4.72 Å². The fourth-order valence-electron chi connectivity index (χ4n) is 2.46. The summed E-state index contributed by atoms with van der Waals surface area (Å²) in [5, 5.41) is 0. The molecule has 1 aromatic carbocycles. The van der Waals surface area contributed by atoms with Crippen molar-refractivity contribution in [1.82, 2.24) is 9.62 Å². The van der Waals surface area contributed by atoms with Gasteiger partial charge >= 0.3 is 0 Å². The molecule has 1 heterocycles. The summed E-state index contributed by atoms with van der Waals surface area (Å²) in [6.07, 6.45) is 4.84. The molecule has 1 saturated heterocycles. The average molecular weight is 308 g/mol. The van der Waals surface area contributed by atoms with Crippen LogP contribution in [0.1, 0.15) is 18.4 Å². The monoisotopic (exact) mass is 308 g/mol. The molecule has 5 nitrogen and oxygen atoms in total. The molecule has 114 valence electrons. The van der Waals surface area contributed by atoms with Gasteiger partial charge in [-0.1, -0.05) is 30.3 Å². The number of amides is 1. The van der Waals surface area contributed by atoms with Gasteiger partial charge in [0, 0.05) is 18.7 Å². The number of rotatable bonds is 5. The van der Waals surface area contributed by atoms with Crippen LogP contribution in [0.4, 0.5) is 0 Å². The van der Waals surface area contributed by atoms with E-state index in [1.807, 2.05) is 30.3 Å². The Bertz CT molecular complexity index is 611. The predicted molar refractivity (Wildman–Crippen MR) is 83.1 cm³/mol. The van der Waals surface area contributed by atoms with Crippen molar-refractivity contribution in [2.24, 2.45) is 0 Å². The zero-order valence-corrected chi connectivity index (χ0v) is 12.8. The van der Waals surface area contributed by atoms with E-state index in [4.69, 9.17) is 0 Å². The molecule has 0 aliphatic carbocycles. The molecule has 0 spiro atoms. The minimum absolute atomic E-state index is 0.0333. The van der Waals surface area contributed by atoms with Crippen LogP contribution in [-0.2, 0) is 14.8 Å². The van der Waals surface area contributed by atoms with Crippen LogP contribution in [0.5, 0.6) is 0 Å². The lowest BCUT2D eigenvalue weighted by Crippen LogP contribution is -2.41. The molecule has 0 saturated carbocycles. The lowest BCUT2D eigenvalue weighted by Gasteiger charge is -2.23. The molecule has 0 unspecified atom stereocenters. The maximum absolute atomic E-state index is 12.2. The smallest absolute Gasteiger partial charge is 0.246 e.